The van der Waals surface area contributed by atoms with Crippen LogP contribution in [-0.4, -0.2) is 57.8 Å². The van der Waals surface area contributed by atoms with Crippen LogP contribution >= 0.6 is 24.0 Å². The van der Waals surface area contributed by atoms with Crippen LogP contribution in [0.4, 0.5) is 0 Å². The zero-order valence-electron chi connectivity index (χ0n) is 13.4. The van der Waals surface area contributed by atoms with Crippen molar-refractivity contribution < 1.29 is 4.74 Å². The van der Waals surface area contributed by atoms with Crippen molar-refractivity contribution in [1.82, 2.24) is 10.2 Å². The van der Waals surface area contributed by atoms with Crippen LogP contribution in [0.1, 0.15) is 39.0 Å². The number of halogens is 1. The first-order chi connectivity index (χ1) is 9.20. The van der Waals surface area contributed by atoms with Crippen LogP contribution in [0, 0.1) is 0 Å². The molecule has 6 heteroatoms. The molecule has 3 N–H and O–H groups in total. The van der Waals surface area contributed by atoms with Crippen LogP contribution in [0.2, 0.25) is 0 Å². The predicted octanol–water partition coefficient (Wildman–Crippen LogP) is 2.06. The maximum atomic E-state index is 5.79. The van der Waals surface area contributed by atoms with E-state index in [0.29, 0.717) is 5.96 Å². The number of methoxy groups -OCH3 is 1. The second-order valence-electron chi connectivity index (χ2n) is 4.90. The molecule has 0 rings (SSSR count). The van der Waals surface area contributed by atoms with E-state index in [2.05, 4.69) is 29.2 Å². The Hall–Kier alpha value is -0.0800. The number of nitrogens with one attached hydrogen (secondary N) is 1. The SMILES string of the molecule is CCCCCCNC(N)=NCCCN(C)CCOC.I. The van der Waals surface area contributed by atoms with E-state index < -0.39 is 0 Å². The molecule has 0 radical (unpaired) electrons. The fourth-order valence-electron chi connectivity index (χ4n) is 1.72. The van der Waals surface area contributed by atoms with Gasteiger partial charge in [-0.2, -0.15) is 0 Å². The molecule has 0 bridgehead atoms. The molecule has 0 saturated heterocycles. The molecule has 0 spiro atoms. The van der Waals surface area contributed by atoms with Crippen molar-refractivity contribution in [2.45, 2.75) is 39.0 Å². The third-order valence-corrected chi connectivity index (χ3v) is 2.99. The lowest BCUT2D eigenvalue weighted by Gasteiger charge is -2.14. The average molecular weight is 400 g/mol. The molecule has 0 amide bonds. The van der Waals surface area contributed by atoms with Crippen LogP contribution in [0.5, 0.6) is 0 Å². The molecule has 0 atom stereocenters. The van der Waals surface area contributed by atoms with Gasteiger partial charge in [0.1, 0.15) is 0 Å². The zero-order chi connectivity index (χ0) is 14.3. The van der Waals surface area contributed by atoms with Gasteiger partial charge in [-0.25, -0.2) is 0 Å². The highest BCUT2D eigenvalue weighted by molar-refractivity contribution is 14.0. The number of hydrogen-bond donors (Lipinski definition) is 2. The Morgan fingerprint density at radius 2 is 1.95 bits per heavy atom. The van der Waals surface area contributed by atoms with Gasteiger partial charge in [-0.1, -0.05) is 26.2 Å². The number of rotatable bonds is 12. The van der Waals surface area contributed by atoms with E-state index in [1.165, 1.54) is 25.7 Å². The van der Waals surface area contributed by atoms with Crippen molar-refractivity contribution in [2.75, 3.05) is 46.9 Å². The fourth-order valence-corrected chi connectivity index (χ4v) is 1.72. The molecular weight excluding hydrogens is 367 g/mol. The second kappa shape index (κ2) is 17.0. The Labute approximate surface area is 141 Å². The van der Waals surface area contributed by atoms with E-state index >= 15 is 0 Å². The molecule has 0 aliphatic carbocycles. The van der Waals surface area contributed by atoms with Crippen LogP contribution in [0.15, 0.2) is 4.99 Å². The number of ether oxygens (including phenoxy) is 1. The van der Waals surface area contributed by atoms with Crippen molar-refractivity contribution in [2.24, 2.45) is 10.7 Å². The summed E-state index contributed by atoms with van der Waals surface area (Å²) in [6, 6.07) is 0. The fraction of sp³-hybridized carbons (Fsp3) is 0.929. The van der Waals surface area contributed by atoms with E-state index in [1.807, 2.05) is 0 Å². The highest BCUT2D eigenvalue weighted by Gasteiger charge is 1.97. The van der Waals surface area contributed by atoms with E-state index in [1.54, 1.807) is 7.11 Å². The lowest BCUT2D eigenvalue weighted by Crippen LogP contribution is -2.32. The van der Waals surface area contributed by atoms with Crippen molar-refractivity contribution in [3.63, 3.8) is 0 Å². The minimum absolute atomic E-state index is 0. The Bertz CT molecular complexity index is 227. The molecule has 122 valence electrons. The van der Waals surface area contributed by atoms with Crippen molar-refractivity contribution >= 4 is 29.9 Å². The van der Waals surface area contributed by atoms with Gasteiger partial charge in [0.05, 0.1) is 6.61 Å². The molecule has 0 fully saturated rings. The van der Waals surface area contributed by atoms with Gasteiger partial charge in [0, 0.05) is 26.7 Å². The normalized spacial score (nSPS) is 11.5. The molecule has 0 saturated carbocycles. The lowest BCUT2D eigenvalue weighted by atomic mass is 10.2. The maximum absolute atomic E-state index is 5.79. The van der Waals surface area contributed by atoms with Crippen LogP contribution < -0.4 is 11.1 Å². The number of aliphatic imine (C=N–C) groups is 1. The monoisotopic (exact) mass is 400 g/mol. The Kier molecular flexibility index (Phi) is 18.8. The first-order valence-corrected chi connectivity index (χ1v) is 7.42. The smallest absolute Gasteiger partial charge is 0.188 e. The Morgan fingerprint density at radius 3 is 2.60 bits per heavy atom. The van der Waals surface area contributed by atoms with E-state index in [9.17, 15) is 0 Å². The number of unbranched alkanes of at least 4 members (excludes halogenated alkanes) is 3. The van der Waals surface area contributed by atoms with Gasteiger partial charge in [0.25, 0.3) is 0 Å². The minimum atomic E-state index is 0. The molecule has 0 unspecified atom stereocenters. The summed E-state index contributed by atoms with van der Waals surface area (Å²) in [5.41, 5.74) is 5.79. The zero-order valence-corrected chi connectivity index (χ0v) is 15.7. The van der Waals surface area contributed by atoms with E-state index in [4.69, 9.17) is 10.5 Å². The third kappa shape index (κ3) is 16.0. The van der Waals surface area contributed by atoms with Gasteiger partial charge in [-0.05, 0) is 26.4 Å². The Balaban J connectivity index is 0. The first-order valence-electron chi connectivity index (χ1n) is 7.42. The predicted molar refractivity (Wildman–Crippen MR) is 98.0 cm³/mol. The molecule has 0 aliphatic heterocycles. The highest BCUT2D eigenvalue weighted by atomic mass is 127. The summed E-state index contributed by atoms with van der Waals surface area (Å²) in [4.78, 5) is 6.56. The molecule has 0 aromatic carbocycles. The number of nitrogens with two attached hydrogens (primary N) is 1. The van der Waals surface area contributed by atoms with Crippen molar-refractivity contribution in [3.05, 3.63) is 0 Å². The number of nitrogens with zero attached hydrogens (tertiary/aromatic N) is 2. The van der Waals surface area contributed by atoms with Gasteiger partial charge >= 0.3 is 0 Å². The van der Waals surface area contributed by atoms with E-state index in [-0.39, 0.29) is 24.0 Å². The van der Waals surface area contributed by atoms with Gasteiger partial charge in [0.2, 0.25) is 0 Å². The molecule has 0 heterocycles. The van der Waals surface area contributed by atoms with Crippen LogP contribution in [-0.2, 0) is 4.74 Å². The van der Waals surface area contributed by atoms with E-state index in [0.717, 1.165) is 39.2 Å². The Morgan fingerprint density at radius 1 is 1.20 bits per heavy atom. The van der Waals surface area contributed by atoms with Crippen molar-refractivity contribution in [1.29, 1.82) is 0 Å². The number of guanidine groups is 1. The van der Waals surface area contributed by atoms with Gasteiger partial charge in [-0.15, -0.1) is 24.0 Å². The summed E-state index contributed by atoms with van der Waals surface area (Å²) in [5, 5.41) is 3.16. The van der Waals surface area contributed by atoms with Crippen molar-refractivity contribution in [3.8, 4) is 0 Å². The molecule has 0 aromatic heterocycles. The summed E-state index contributed by atoms with van der Waals surface area (Å²) in [5.74, 6) is 0.580. The lowest BCUT2D eigenvalue weighted by molar-refractivity contribution is 0.161. The third-order valence-electron chi connectivity index (χ3n) is 2.99. The molecule has 5 nitrogen and oxygen atoms in total. The number of likely N-dealkylation sites (N-methyl/N-ethyl adjacent to an activating group) is 1. The second-order valence-corrected chi connectivity index (χ2v) is 4.90. The first kappa shape index (κ1) is 22.2. The summed E-state index contributed by atoms with van der Waals surface area (Å²) in [6.07, 6.45) is 6.02. The summed E-state index contributed by atoms with van der Waals surface area (Å²) in [7, 11) is 3.82. The molecule has 0 aromatic rings. The van der Waals surface area contributed by atoms with Gasteiger partial charge < -0.3 is 20.7 Å². The molecule has 0 aliphatic rings. The summed E-state index contributed by atoms with van der Waals surface area (Å²) in [6.45, 7) is 6.70. The maximum Gasteiger partial charge on any atom is 0.188 e. The highest BCUT2D eigenvalue weighted by Crippen LogP contribution is 1.96. The molecular formula is C14H33IN4O. The molecule has 20 heavy (non-hydrogen) atoms. The minimum Gasteiger partial charge on any atom is -0.383 e. The quantitative estimate of drug-likeness (QED) is 0.228. The van der Waals surface area contributed by atoms with Crippen LogP contribution in [0.3, 0.4) is 0 Å². The topological polar surface area (TPSA) is 62.9 Å². The summed E-state index contributed by atoms with van der Waals surface area (Å²) < 4.78 is 5.03. The van der Waals surface area contributed by atoms with Crippen LogP contribution in [0.25, 0.3) is 0 Å². The largest absolute Gasteiger partial charge is 0.383 e. The standard InChI is InChI=1S/C14H32N4O.HI/c1-4-5-6-7-9-16-14(15)17-10-8-11-18(2)12-13-19-3;/h4-13H2,1-3H3,(H3,15,16,17);1H. The average Bonchev–Trinajstić information content (AvgIpc) is 2.41. The summed E-state index contributed by atoms with van der Waals surface area (Å²) >= 11 is 0. The van der Waals surface area contributed by atoms with Gasteiger partial charge in [0.15, 0.2) is 5.96 Å². The number of hydrogen-bond acceptors (Lipinski definition) is 3. The van der Waals surface area contributed by atoms with Gasteiger partial charge in [-0.3, -0.25) is 4.99 Å².